The molecule has 0 aromatic heterocycles. The van der Waals surface area contributed by atoms with Gasteiger partial charge in [0.1, 0.15) is 23.9 Å². The molecule has 1 N–H and O–H groups in total. The Balaban J connectivity index is 1.85. The van der Waals surface area contributed by atoms with E-state index in [2.05, 4.69) is 21.2 Å². The van der Waals surface area contributed by atoms with Crippen LogP contribution in [0.25, 0.3) is 0 Å². The van der Waals surface area contributed by atoms with Crippen molar-refractivity contribution in [3.63, 3.8) is 0 Å². The van der Waals surface area contributed by atoms with Crippen LogP contribution in [0.2, 0.25) is 0 Å². The zero-order valence-corrected chi connectivity index (χ0v) is 13.6. The lowest BCUT2D eigenvalue weighted by molar-refractivity contribution is 0.324. The van der Waals surface area contributed by atoms with Crippen LogP contribution in [0.1, 0.15) is 0 Å². The normalized spacial score (nSPS) is 10.0. The second-order valence-corrected chi connectivity index (χ2v) is 5.25. The summed E-state index contributed by atoms with van der Waals surface area (Å²) in [6.07, 6.45) is 0. The third kappa shape index (κ3) is 4.86. The minimum absolute atomic E-state index is 0.544. The van der Waals surface area contributed by atoms with E-state index in [-0.39, 0.29) is 0 Å². The number of anilines is 1. The van der Waals surface area contributed by atoms with Gasteiger partial charge in [-0.05, 0) is 18.2 Å². The summed E-state index contributed by atoms with van der Waals surface area (Å²) >= 11 is 3.44. The standard InChI is InChI=1S/C16H18BrNO3/c1-19-14-9-15(20-2)11-16(10-14)21-7-6-18-13-5-3-4-12(17)8-13/h3-5,8-11,18H,6-7H2,1-2H3. The molecule has 0 amide bonds. The summed E-state index contributed by atoms with van der Waals surface area (Å²) in [5.41, 5.74) is 1.05. The maximum Gasteiger partial charge on any atom is 0.126 e. The van der Waals surface area contributed by atoms with E-state index in [1.54, 1.807) is 14.2 Å². The van der Waals surface area contributed by atoms with Crippen LogP contribution < -0.4 is 19.5 Å². The molecule has 0 saturated heterocycles. The van der Waals surface area contributed by atoms with Crippen LogP contribution in [0, 0.1) is 0 Å². The maximum atomic E-state index is 5.71. The molecule has 112 valence electrons. The third-order valence-corrected chi connectivity index (χ3v) is 3.34. The summed E-state index contributed by atoms with van der Waals surface area (Å²) in [4.78, 5) is 0. The van der Waals surface area contributed by atoms with E-state index >= 15 is 0 Å². The van der Waals surface area contributed by atoms with Crippen LogP contribution in [0.15, 0.2) is 46.9 Å². The predicted octanol–water partition coefficient (Wildman–Crippen LogP) is 3.96. The Labute approximate surface area is 133 Å². The minimum Gasteiger partial charge on any atom is -0.496 e. The number of hydrogen-bond donors (Lipinski definition) is 1. The van der Waals surface area contributed by atoms with Gasteiger partial charge in [0.2, 0.25) is 0 Å². The zero-order valence-electron chi connectivity index (χ0n) is 12.1. The van der Waals surface area contributed by atoms with Crippen molar-refractivity contribution in [2.75, 3.05) is 32.7 Å². The van der Waals surface area contributed by atoms with Gasteiger partial charge in [0, 0.05) is 34.9 Å². The number of halogens is 1. The summed E-state index contributed by atoms with van der Waals surface area (Å²) in [5, 5.41) is 3.30. The van der Waals surface area contributed by atoms with Crippen molar-refractivity contribution in [2.45, 2.75) is 0 Å². The second-order valence-electron chi connectivity index (χ2n) is 4.33. The molecule has 2 aromatic carbocycles. The molecule has 5 heteroatoms. The van der Waals surface area contributed by atoms with Gasteiger partial charge in [0.05, 0.1) is 14.2 Å². The highest BCUT2D eigenvalue weighted by atomic mass is 79.9. The van der Waals surface area contributed by atoms with Gasteiger partial charge in [-0.3, -0.25) is 0 Å². The lowest BCUT2D eigenvalue weighted by Gasteiger charge is -2.11. The monoisotopic (exact) mass is 351 g/mol. The molecule has 0 aliphatic rings. The SMILES string of the molecule is COc1cc(OC)cc(OCCNc2cccc(Br)c2)c1. The van der Waals surface area contributed by atoms with E-state index < -0.39 is 0 Å². The number of hydrogen-bond acceptors (Lipinski definition) is 4. The van der Waals surface area contributed by atoms with Crippen molar-refractivity contribution < 1.29 is 14.2 Å². The van der Waals surface area contributed by atoms with E-state index in [9.17, 15) is 0 Å². The van der Waals surface area contributed by atoms with Gasteiger partial charge in [0.15, 0.2) is 0 Å². The minimum atomic E-state index is 0.544. The lowest BCUT2D eigenvalue weighted by Crippen LogP contribution is -2.11. The van der Waals surface area contributed by atoms with Gasteiger partial charge in [0.25, 0.3) is 0 Å². The highest BCUT2D eigenvalue weighted by molar-refractivity contribution is 9.10. The quantitative estimate of drug-likeness (QED) is 0.766. The van der Waals surface area contributed by atoms with Crippen LogP contribution in [0.5, 0.6) is 17.2 Å². The van der Waals surface area contributed by atoms with Crippen LogP contribution in [0.3, 0.4) is 0 Å². The molecular formula is C16H18BrNO3. The average Bonchev–Trinajstić information content (AvgIpc) is 2.51. The molecular weight excluding hydrogens is 334 g/mol. The molecule has 4 nitrogen and oxygen atoms in total. The highest BCUT2D eigenvalue weighted by Crippen LogP contribution is 2.27. The molecule has 0 spiro atoms. The molecule has 21 heavy (non-hydrogen) atoms. The smallest absolute Gasteiger partial charge is 0.126 e. The van der Waals surface area contributed by atoms with Gasteiger partial charge in [-0.2, -0.15) is 0 Å². The molecule has 0 heterocycles. The van der Waals surface area contributed by atoms with E-state index in [1.807, 2.05) is 42.5 Å². The van der Waals surface area contributed by atoms with Gasteiger partial charge in [-0.25, -0.2) is 0 Å². The van der Waals surface area contributed by atoms with E-state index in [0.29, 0.717) is 24.7 Å². The molecule has 0 fully saturated rings. The van der Waals surface area contributed by atoms with Gasteiger partial charge in [-0.1, -0.05) is 22.0 Å². The van der Waals surface area contributed by atoms with Crippen molar-refractivity contribution >= 4 is 21.6 Å². The number of nitrogens with one attached hydrogen (secondary N) is 1. The Morgan fingerprint density at radius 1 is 0.952 bits per heavy atom. The number of rotatable bonds is 7. The first kappa shape index (κ1) is 15.5. The fourth-order valence-electron chi connectivity index (χ4n) is 1.83. The first-order chi connectivity index (χ1) is 10.2. The Morgan fingerprint density at radius 2 is 1.62 bits per heavy atom. The third-order valence-electron chi connectivity index (χ3n) is 2.85. The largest absolute Gasteiger partial charge is 0.496 e. The summed E-state index contributed by atoms with van der Waals surface area (Å²) in [6.45, 7) is 1.25. The molecule has 0 saturated carbocycles. The summed E-state index contributed by atoms with van der Waals surface area (Å²) in [6, 6.07) is 13.5. The van der Waals surface area contributed by atoms with E-state index in [1.165, 1.54) is 0 Å². The molecule has 0 bridgehead atoms. The zero-order chi connectivity index (χ0) is 15.1. The molecule has 0 aliphatic carbocycles. The Kier molecular flexibility index (Phi) is 5.75. The summed E-state index contributed by atoms with van der Waals surface area (Å²) in [7, 11) is 3.24. The Morgan fingerprint density at radius 3 is 2.24 bits per heavy atom. The Hall–Kier alpha value is -1.88. The first-order valence-corrected chi connectivity index (χ1v) is 7.36. The topological polar surface area (TPSA) is 39.7 Å². The molecule has 0 unspecified atom stereocenters. The number of methoxy groups -OCH3 is 2. The van der Waals surface area contributed by atoms with Crippen LogP contribution in [0.4, 0.5) is 5.69 Å². The maximum absolute atomic E-state index is 5.71. The Bertz CT molecular complexity index is 567. The number of benzene rings is 2. The summed E-state index contributed by atoms with van der Waals surface area (Å²) < 4.78 is 17.2. The highest BCUT2D eigenvalue weighted by Gasteiger charge is 2.02. The predicted molar refractivity (Wildman–Crippen MR) is 87.7 cm³/mol. The molecule has 2 rings (SSSR count). The van der Waals surface area contributed by atoms with Gasteiger partial charge < -0.3 is 19.5 Å². The van der Waals surface area contributed by atoms with E-state index in [0.717, 1.165) is 15.9 Å². The fourth-order valence-corrected chi connectivity index (χ4v) is 2.23. The molecule has 2 aromatic rings. The van der Waals surface area contributed by atoms with Crippen molar-refractivity contribution in [1.82, 2.24) is 0 Å². The molecule has 0 aliphatic heterocycles. The second kappa shape index (κ2) is 7.78. The molecule has 0 radical (unpaired) electrons. The van der Waals surface area contributed by atoms with Crippen molar-refractivity contribution in [1.29, 1.82) is 0 Å². The lowest BCUT2D eigenvalue weighted by atomic mass is 10.3. The molecule has 0 atom stereocenters. The fraction of sp³-hybridized carbons (Fsp3) is 0.250. The van der Waals surface area contributed by atoms with Gasteiger partial charge >= 0.3 is 0 Å². The summed E-state index contributed by atoms with van der Waals surface area (Å²) in [5.74, 6) is 2.15. The average molecular weight is 352 g/mol. The first-order valence-electron chi connectivity index (χ1n) is 6.56. The van der Waals surface area contributed by atoms with Crippen molar-refractivity contribution in [3.05, 3.63) is 46.9 Å². The van der Waals surface area contributed by atoms with Crippen LogP contribution >= 0.6 is 15.9 Å². The number of ether oxygens (including phenoxy) is 3. The van der Waals surface area contributed by atoms with Crippen LogP contribution in [-0.2, 0) is 0 Å². The van der Waals surface area contributed by atoms with Gasteiger partial charge in [-0.15, -0.1) is 0 Å². The van der Waals surface area contributed by atoms with Crippen molar-refractivity contribution in [2.24, 2.45) is 0 Å². The van der Waals surface area contributed by atoms with Crippen LogP contribution in [-0.4, -0.2) is 27.4 Å². The van der Waals surface area contributed by atoms with Crippen molar-refractivity contribution in [3.8, 4) is 17.2 Å². The van der Waals surface area contributed by atoms with E-state index in [4.69, 9.17) is 14.2 Å².